The van der Waals surface area contributed by atoms with E-state index in [1.807, 2.05) is 24.3 Å². The molecular weight excluding hydrogens is 256 g/mol. The highest BCUT2D eigenvalue weighted by Crippen LogP contribution is 2.25. The minimum absolute atomic E-state index is 0.160. The maximum atomic E-state index is 11.1. The molecule has 0 aromatic heterocycles. The number of ether oxygens (including phenoxy) is 1. The lowest BCUT2D eigenvalue weighted by Gasteiger charge is -2.05. The van der Waals surface area contributed by atoms with Gasteiger partial charge in [-0.15, -0.1) is 11.8 Å². The molecule has 0 amide bonds. The molecule has 0 fully saturated rings. The molecule has 0 aliphatic carbocycles. The van der Waals surface area contributed by atoms with E-state index >= 15 is 0 Å². The fraction of sp³-hybridized carbons (Fsp3) is 0.188. The maximum absolute atomic E-state index is 11.1. The summed E-state index contributed by atoms with van der Waals surface area (Å²) in [5.74, 6) is 0.581. The summed E-state index contributed by atoms with van der Waals surface area (Å²) in [7, 11) is 1.42. The lowest BCUT2D eigenvalue weighted by Crippen LogP contribution is -2.00. The summed E-state index contributed by atoms with van der Waals surface area (Å²) < 4.78 is 4.63. The second-order valence-electron chi connectivity index (χ2n) is 4.07. The summed E-state index contributed by atoms with van der Waals surface area (Å²) in [5, 5.41) is 0. The van der Waals surface area contributed by atoms with E-state index in [2.05, 4.69) is 35.1 Å². The van der Waals surface area contributed by atoms with E-state index in [4.69, 9.17) is 0 Å². The van der Waals surface area contributed by atoms with Crippen molar-refractivity contribution >= 4 is 17.7 Å². The predicted molar refractivity (Wildman–Crippen MR) is 79.2 cm³/mol. The first-order valence-electron chi connectivity index (χ1n) is 6.14. The zero-order valence-corrected chi connectivity index (χ0v) is 11.7. The van der Waals surface area contributed by atoms with Gasteiger partial charge in [0.25, 0.3) is 0 Å². The zero-order chi connectivity index (χ0) is 13.5. The Bertz CT molecular complexity index is 537. The van der Waals surface area contributed by atoms with Crippen LogP contribution in [0.3, 0.4) is 0 Å². The van der Waals surface area contributed by atoms with Crippen LogP contribution in [0.2, 0.25) is 0 Å². The van der Waals surface area contributed by atoms with E-state index in [9.17, 15) is 4.79 Å². The Balaban J connectivity index is 2.02. The molecule has 2 aromatic carbocycles. The molecule has 0 aliphatic heterocycles. The lowest BCUT2D eigenvalue weighted by molar-refractivity contribution is -0.140. The third-order valence-corrected chi connectivity index (χ3v) is 3.74. The van der Waals surface area contributed by atoms with Gasteiger partial charge in [0.1, 0.15) is 0 Å². The van der Waals surface area contributed by atoms with E-state index in [-0.39, 0.29) is 5.97 Å². The van der Waals surface area contributed by atoms with Crippen LogP contribution in [-0.4, -0.2) is 18.8 Å². The second-order valence-corrected chi connectivity index (χ2v) is 5.24. The summed E-state index contributed by atoms with van der Waals surface area (Å²) in [5.41, 5.74) is 2.40. The molecular formula is C16H16O2S. The molecule has 0 unspecified atom stereocenters. The Morgan fingerprint density at radius 1 is 1.05 bits per heavy atom. The van der Waals surface area contributed by atoms with Crippen molar-refractivity contribution in [3.63, 3.8) is 0 Å². The number of carbonyl (C=O) groups excluding carboxylic acids is 1. The summed E-state index contributed by atoms with van der Waals surface area (Å²) >= 11 is 1.67. The molecule has 0 aliphatic rings. The van der Waals surface area contributed by atoms with E-state index in [1.165, 1.54) is 23.1 Å². The van der Waals surface area contributed by atoms with Crippen molar-refractivity contribution in [1.29, 1.82) is 0 Å². The van der Waals surface area contributed by atoms with Crippen LogP contribution in [0.15, 0.2) is 59.5 Å². The van der Waals surface area contributed by atoms with Gasteiger partial charge in [0, 0.05) is 10.6 Å². The molecule has 19 heavy (non-hydrogen) atoms. The van der Waals surface area contributed by atoms with Crippen LogP contribution in [-0.2, 0) is 9.53 Å². The van der Waals surface area contributed by atoms with Crippen LogP contribution in [0.4, 0.5) is 0 Å². The number of hydrogen-bond acceptors (Lipinski definition) is 3. The van der Waals surface area contributed by atoms with Gasteiger partial charge in [-0.3, -0.25) is 4.79 Å². The molecule has 0 radical (unpaired) electrons. The molecule has 0 saturated carbocycles. The normalized spacial score (nSPS) is 10.2. The smallest absolute Gasteiger partial charge is 0.306 e. The number of esters is 1. The number of hydrogen-bond donors (Lipinski definition) is 0. The van der Waals surface area contributed by atoms with Crippen molar-refractivity contribution < 1.29 is 9.53 Å². The fourth-order valence-electron chi connectivity index (χ4n) is 1.75. The van der Waals surface area contributed by atoms with Gasteiger partial charge < -0.3 is 4.74 Å². The minimum Gasteiger partial charge on any atom is -0.469 e. The number of benzene rings is 2. The van der Waals surface area contributed by atoms with Crippen LogP contribution in [0.25, 0.3) is 11.1 Å². The van der Waals surface area contributed by atoms with Crippen molar-refractivity contribution in [2.24, 2.45) is 0 Å². The monoisotopic (exact) mass is 272 g/mol. The van der Waals surface area contributed by atoms with Crippen LogP contribution in [0.5, 0.6) is 0 Å². The number of carbonyl (C=O) groups is 1. The van der Waals surface area contributed by atoms with Crippen molar-refractivity contribution in [3.05, 3.63) is 54.6 Å². The molecule has 0 atom stereocenters. The highest BCUT2D eigenvalue weighted by atomic mass is 32.2. The highest BCUT2D eigenvalue weighted by Gasteiger charge is 2.02. The van der Waals surface area contributed by atoms with Crippen molar-refractivity contribution in [2.75, 3.05) is 12.9 Å². The third kappa shape index (κ3) is 4.14. The topological polar surface area (TPSA) is 26.3 Å². The standard InChI is InChI=1S/C16H16O2S/c1-18-16(17)10-11-19-15-9-5-8-14(12-15)13-6-3-2-4-7-13/h2-9,12H,10-11H2,1H3. The summed E-state index contributed by atoms with van der Waals surface area (Å²) in [6.07, 6.45) is 0.441. The summed E-state index contributed by atoms with van der Waals surface area (Å²) in [6, 6.07) is 18.6. The molecule has 2 rings (SSSR count). The Morgan fingerprint density at radius 3 is 2.53 bits per heavy atom. The van der Waals surface area contributed by atoms with Crippen molar-refractivity contribution in [3.8, 4) is 11.1 Å². The largest absolute Gasteiger partial charge is 0.469 e. The van der Waals surface area contributed by atoms with Crippen LogP contribution in [0, 0.1) is 0 Å². The molecule has 0 heterocycles. The van der Waals surface area contributed by atoms with Crippen LogP contribution in [0.1, 0.15) is 6.42 Å². The molecule has 0 saturated heterocycles. The predicted octanol–water partition coefficient (Wildman–Crippen LogP) is 4.01. The first kappa shape index (κ1) is 13.7. The van der Waals surface area contributed by atoms with Crippen molar-refractivity contribution in [2.45, 2.75) is 11.3 Å². The van der Waals surface area contributed by atoms with Gasteiger partial charge in [0.15, 0.2) is 0 Å². The lowest BCUT2D eigenvalue weighted by atomic mass is 10.1. The zero-order valence-electron chi connectivity index (χ0n) is 10.8. The van der Waals surface area contributed by atoms with E-state index in [0.717, 1.165) is 5.75 Å². The first-order chi connectivity index (χ1) is 9.29. The van der Waals surface area contributed by atoms with Gasteiger partial charge in [0.2, 0.25) is 0 Å². The minimum atomic E-state index is -0.160. The van der Waals surface area contributed by atoms with Crippen LogP contribution < -0.4 is 0 Å². The van der Waals surface area contributed by atoms with E-state index in [0.29, 0.717) is 6.42 Å². The van der Waals surface area contributed by atoms with Gasteiger partial charge in [0.05, 0.1) is 13.5 Å². The molecule has 2 aromatic rings. The molecule has 0 bridgehead atoms. The Kier molecular flexibility index (Phi) is 5.04. The first-order valence-corrected chi connectivity index (χ1v) is 7.13. The van der Waals surface area contributed by atoms with Gasteiger partial charge in [-0.2, -0.15) is 0 Å². The average Bonchev–Trinajstić information content (AvgIpc) is 2.48. The third-order valence-electron chi connectivity index (χ3n) is 2.74. The second kappa shape index (κ2) is 7.00. The Labute approximate surface area is 117 Å². The Morgan fingerprint density at radius 2 is 1.79 bits per heavy atom. The summed E-state index contributed by atoms with van der Waals surface area (Å²) in [6.45, 7) is 0. The molecule has 0 N–H and O–H groups in total. The quantitative estimate of drug-likeness (QED) is 0.607. The van der Waals surface area contributed by atoms with Crippen molar-refractivity contribution in [1.82, 2.24) is 0 Å². The van der Waals surface area contributed by atoms with Gasteiger partial charge in [-0.25, -0.2) is 0 Å². The fourth-order valence-corrected chi connectivity index (χ4v) is 2.64. The van der Waals surface area contributed by atoms with Gasteiger partial charge in [-0.1, -0.05) is 42.5 Å². The van der Waals surface area contributed by atoms with Crippen LogP contribution >= 0.6 is 11.8 Å². The summed E-state index contributed by atoms with van der Waals surface area (Å²) in [4.78, 5) is 12.2. The molecule has 2 nitrogen and oxygen atoms in total. The van der Waals surface area contributed by atoms with E-state index in [1.54, 1.807) is 11.8 Å². The Hall–Kier alpha value is -1.74. The number of rotatable bonds is 5. The molecule has 98 valence electrons. The molecule has 0 spiro atoms. The number of methoxy groups -OCH3 is 1. The molecule has 3 heteroatoms. The SMILES string of the molecule is COC(=O)CCSc1cccc(-c2ccccc2)c1. The van der Waals surface area contributed by atoms with Gasteiger partial charge in [-0.05, 0) is 23.3 Å². The number of thioether (sulfide) groups is 1. The van der Waals surface area contributed by atoms with Gasteiger partial charge >= 0.3 is 5.97 Å². The maximum Gasteiger partial charge on any atom is 0.306 e. The highest BCUT2D eigenvalue weighted by molar-refractivity contribution is 7.99. The average molecular weight is 272 g/mol. The van der Waals surface area contributed by atoms with E-state index < -0.39 is 0 Å².